The maximum absolute atomic E-state index is 12.7. The van der Waals surface area contributed by atoms with Crippen molar-refractivity contribution in [3.05, 3.63) is 77.5 Å². The lowest BCUT2D eigenvalue weighted by atomic mass is 9.86. The molecular formula is C27H30N4O2. The van der Waals surface area contributed by atoms with Crippen molar-refractivity contribution in [1.29, 1.82) is 5.26 Å². The molecule has 6 heteroatoms. The van der Waals surface area contributed by atoms with Crippen LogP contribution in [0, 0.1) is 11.3 Å². The number of anilines is 2. The minimum atomic E-state index is -0.432. The fourth-order valence-electron chi connectivity index (χ4n) is 3.29. The van der Waals surface area contributed by atoms with Gasteiger partial charge in [0.1, 0.15) is 23.2 Å². The van der Waals surface area contributed by atoms with Crippen LogP contribution in [-0.2, 0) is 10.8 Å². The highest BCUT2D eigenvalue weighted by molar-refractivity contribution is 6.00. The minimum absolute atomic E-state index is 0.0323. The number of nitrogens with zero attached hydrogens (tertiary/aromatic N) is 2. The number of rotatable bonds is 4. The molecule has 0 saturated carbocycles. The molecule has 0 saturated heterocycles. The maximum atomic E-state index is 12.7. The van der Waals surface area contributed by atoms with Gasteiger partial charge in [-0.25, -0.2) is 9.78 Å². The van der Waals surface area contributed by atoms with E-state index in [1.54, 1.807) is 6.07 Å². The molecule has 0 bridgehead atoms. The number of carbonyl (C=O) groups is 1. The molecule has 2 aromatic carbocycles. The van der Waals surface area contributed by atoms with E-state index in [2.05, 4.69) is 57.2 Å². The molecule has 0 aliphatic carbocycles. The molecule has 0 aliphatic rings. The Morgan fingerprint density at radius 2 is 1.55 bits per heavy atom. The molecule has 1 aromatic heterocycles. The number of amides is 2. The Morgan fingerprint density at radius 3 is 2.15 bits per heavy atom. The van der Waals surface area contributed by atoms with Crippen LogP contribution >= 0.6 is 0 Å². The Balaban J connectivity index is 1.83. The van der Waals surface area contributed by atoms with Gasteiger partial charge in [-0.3, -0.25) is 0 Å². The maximum Gasteiger partial charge on any atom is 0.323 e. The van der Waals surface area contributed by atoms with Gasteiger partial charge in [-0.2, -0.15) is 5.26 Å². The second kappa shape index (κ2) is 9.33. The number of carbonyl (C=O) groups excluding carboxylic acids is 1. The summed E-state index contributed by atoms with van der Waals surface area (Å²) in [5, 5.41) is 14.9. The third kappa shape index (κ3) is 6.11. The van der Waals surface area contributed by atoms with Gasteiger partial charge < -0.3 is 15.4 Å². The van der Waals surface area contributed by atoms with Crippen LogP contribution in [0.1, 0.15) is 58.4 Å². The van der Waals surface area contributed by atoms with Gasteiger partial charge in [0.25, 0.3) is 0 Å². The van der Waals surface area contributed by atoms with Gasteiger partial charge in [-0.15, -0.1) is 0 Å². The van der Waals surface area contributed by atoms with Gasteiger partial charge in [-0.05, 0) is 46.7 Å². The van der Waals surface area contributed by atoms with Crippen LogP contribution in [0.25, 0.3) is 0 Å². The number of urea groups is 1. The van der Waals surface area contributed by atoms with Crippen LogP contribution in [0.5, 0.6) is 11.6 Å². The van der Waals surface area contributed by atoms with Gasteiger partial charge in [0.05, 0.1) is 0 Å². The predicted molar refractivity (Wildman–Crippen MR) is 132 cm³/mol. The number of hydrogen-bond acceptors (Lipinski definition) is 4. The van der Waals surface area contributed by atoms with E-state index in [1.165, 1.54) is 11.6 Å². The van der Waals surface area contributed by atoms with Gasteiger partial charge in [0.2, 0.25) is 5.88 Å². The highest BCUT2D eigenvalue weighted by Gasteiger charge is 2.21. The van der Waals surface area contributed by atoms with Crippen molar-refractivity contribution in [2.45, 2.75) is 52.4 Å². The molecule has 0 aliphatic heterocycles. The third-order valence-electron chi connectivity index (χ3n) is 5.13. The summed E-state index contributed by atoms with van der Waals surface area (Å²) in [6.45, 7) is 12.7. The minimum Gasteiger partial charge on any atom is -0.437 e. The Morgan fingerprint density at radius 1 is 0.879 bits per heavy atom. The molecular weight excluding hydrogens is 412 g/mol. The lowest BCUT2D eigenvalue weighted by molar-refractivity contribution is 0.262. The van der Waals surface area contributed by atoms with Crippen molar-refractivity contribution in [2.24, 2.45) is 0 Å². The molecule has 2 N–H and O–H groups in total. The standard InChI is InChI=1S/C27H30N4O2/c1-26(2,3)18-11-13-19(14-12-18)30-25(32)31-22-16-15-20(17-28)29-24(22)33-23-10-8-7-9-21(23)27(4,5)6/h7-16H,1-6H3,(H2,30,31,32). The first kappa shape index (κ1) is 23.8. The third-order valence-corrected chi connectivity index (χ3v) is 5.13. The summed E-state index contributed by atoms with van der Waals surface area (Å²) >= 11 is 0. The number of benzene rings is 2. The quantitative estimate of drug-likeness (QED) is 0.456. The molecule has 33 heavy (non-hydrogen) atoms. The second-order valence-electron chi connectivity index (χ2n) is 9.92. The largest absolute Gasteiger partial charge is 0.437 e. The lowest BCUT2D eigenvalue weighted by Gasteiger charge is -2.23. The first-order valence-electron chi connectivity index (χ1n) is 10.8. The predicted octanol–water partition coefficient (Wildman–Crippen LogP) is 6.98. The Kier molecular flexibility index (Phi) is 6.73. The van der Waals surface area contributed by atoms with Crippen molar-refractivity contribution in [3.8, 4) is 17.7 Å². The summed E-state index contributed by atoms with van der Waals surface area (Å²) in [5.41, 5.74) is 3.27. The smallest absolute Gasteiger partial charge is 0.323 e. The van der Waals surface area contributed by atoms with Crippen molar-refractivity contribution in [2.75, 3.05) is 10.6 Å². The summed E-state index contributed by atoms with van der Waals surface area (Å²) < 4.78 is 6.11. The van der Waals surface area contributed by atoms with Crippen LogP contribution in [0.4, 0.5) is 16.2 Å². The van der Waals surface area contributed by atoms with Gasteiger partial charge in [0.15, 0.2) is 0 Å². The van der Waals surface area contributed by atoms with Gasteiger partial charge in [-0.1, -0.05) is 71.9 Å². The lowest BCUT2D eigenvalue weighted by Crippen LogP contribution is -2.20. The summed E-state index contributed by atoms with van der Waals surface area (Å²) in [4.78, 5) is 17.0. The first-order chi connectivity index (χ1) is 15.5. The molecule has 3 rings (SSSR count). The molecule has 6 nitrogen and oxygen atoms in total. The zero-order chi connectivity index (χ0) is 24.2. The number of pyridine rings is 1. The summed E-state index contributed by atoms with van der Waals surface area (Å²) in [7, 11) is 0. The van der Waals surface area contributed by atoms with Gasteiger partial charge in [0, 0.05) is 11.3 Å². The van der Waals surface area contributed by atoms with E-state index in [4.69, 9.17) is 4.74 Å². The molecule has 0 radical (unpaired) electrons. The number of ether oxygens (including phenoxy) is 1. The topological polar surface area (TPSA) is 87.0 Å². The molecule has 0 unspecified atom stereocenters. The number of nitrogens with one attached hydrogen (secondary N) is 2. The Hall–Kier alpha value is -3.85. The van der Waals surface area contributed by atoms with Crippen molar-refractivity contribution in [1.82, 2.24) is 4.98 Å². The molecule has 1 heterocycles. The van der Waals surface area contributed by atoms with Crippen LogP contribution in [0.3, 0.4) is 0 Å². The Labute approximate surface area is 195 Å². The average Bonchev–Trinajstić information content (AvgIpc) is 2.74. The van der Waals surface area contributed by atoms with Crippen LogP contribution < -0.4 is 15.4 Å². The highest BCUT2D eigenvalue weighted by Crippen LogP contribution is 2.36. The van der Waals surface area contributed by atoms with E-state index < -0.39 is 6.03 Å². The van der Waals surface area contributed by atoms with Gasteiger partial charge >= 0.3 is 6.03 Å². The molecule has 170 valence electrons. The fourth-order valence-corrected chi connectivity index (χ4v) is 3.29. The average molecular weight is 443 g/mol. The number of nitriles is 1. The van der Waals surface area contributed by atoms with Crippen LogP contribution in [0.15, 0.2) is 60.7 Å². The SMILES string of the molecule is CC(C)(C)c1ccc(NC(=O)Nc2ccc(C#N)nc2Oc2ccccc2C(C)(C)C)cc1. The van der Waals surface area contributed by atoms with E-state index in [0.29, 0.717) is 17.1 Å². The molecule has 0 atom stereocenters. The molecule has 0 fully saturated rings. The normalized spacial score (nSPS) is 11.4. The highest BCUT2D eigenvalue weighted by atomic mass is 16.5. The van der Waals surface area contributed by atoms with E-state index >= 15 is 0 Å². The summed E-state index contributed by atoms with van der Waals surface area (Å²) in [6.07, 6.45) is 0. The number of aromatic nitrogens is 1. The monoisotopic (exact) mass is 442 g/mol. The zero-order valence-electron chi connectivity index (χ0n) is 20.0. The van der Waals surface area contributed by atoms with E-state index in [0.717, 1.165) is 5.56 Å². The van der Waals surface area contributed by atoms with Crippen LogP contribution in [-0.4, -0.2) is 11.0 Å². The van der Waals surface area contributed by atoms with Crippen molar-refractivity contribution < 1.29 is 9.53 Å². The molecule has 2 amide bonds. The second-order valence-corrected chi connectivity index (χ2v) is 9.92. The van der Waals surface area contributed by atoms with Crippen molar-refractivity contribution in [3.63, 3.8) is 0 Å². The summed E-state index contributed by atoms with van der Waals surface area (Å²) in [5.74, 6) is 0.776. The van der Waals surface area contributed by atoms with E-state index in [1.807, 2.05) is 54.6 Å². The zero-order valence-corrected chi connectivity index (χ0v) is 20.0. The van der Waals surface area contributed by atoms with Crippen LogP contribution in [0.2, 0.25) is 0 Å². The van der Waals surface area contributed by atoms with Crippen molar-refractivity contribution >= 4 is 17.4 Å². The van der Waals surface area contributed by atoms with E-state index in [-0.39, 0.29) is 22.4 Å². The van der Waals surface area contributed by atoms with E-state index in [9.17, 15) is 10.1 Å². The fraction of sp³-hybridized carbons (Fsp3) is 0.296. The summed E-state index contributed by atoms with van der Waals surface area (Å²) in [6, 6.07) is 20.1. The number of para-hydroxylation sites is 1. The number of hydrogen-bond donors (Lipinski definition) is 2. The molecule has 3 aromatic rings. The molecule has 0 spiro atoms. The first-order valence-corrected chi connectivity index (χ1v) is 10.8. The Bertz CT molecular complexity index is 1180.